The first-order valence-corrected chi connectivity index (χ1v) is 7.95. The molecular weight excluding hydrogens is 333 g/mol. The van der Waals surface area contributed by atoms with Gasteiger partial charge in [-0.3, -0.25) is 4.79 Å². The predicted octanol–water partition coefficient (Wildman–Crippen LogP) is 3.68. The van der Waals surface area contributed by atoms with E-state index in [1.807, 2.05) is 43.3 Å². The number of anilines is 4. The fourth-order valence-corrected chi connectivity index (χ4v) is 2.25. The van der Waals surface area contributed by atoms with E-state index < -0.39 is 0 Å². The van der Waals surface area contributed by atoms with Gasteiger partial charge in [-0.1, -0.05) is 0 Å². The number of amides is 1. The zero-order chi connectivity index (χ0) is 18.5. The number of halogens is 1. The monoisotopic (exact) mass is 351 g/mol. The van der Waals surface area contributed by atoms with Crippen LogP contribution in [-0.4, -0.2) is 30.0 Å². The minimum atomic E-state index is -0.341. The van der Waals surface area contributed by atoms with E-state index in [0.717, 1.165) is 5.69 Å². The Kier molecular flexibility index (Phi) is 5.07. The first-order valence-electron chi connectivity index (χ1n) is 7.95. The van der Waals surface area contributed by atoms with Crippen LogP contribution in [0.4, 0.5) is 27.4 Å². The van der Waals surface area contributed by atoms with Gasteiger partial charge in [0.05, 0.1) is 0 Å². The summed E-state index contributed by atoms with van der Waals surface area (Å²) in [6, 6.07) is 14.8. The second-order valence-electron chi connectivity index (χ2n) is 5.79. The zero-order valence-corrected chi connectivity index (χ0v) is 14.4. The molecule has 2 aromatic carbocycles. The van der Waals surface area contributed by atoms with E-state index in [1.165, 1.54) is 24.4 Å². The van der Waals surface area contributed by atoms with Crippen molar-refractivity contribution < 1.29 is 9.18 Å². The van der Waals surface area contributed by atoms with Crippen LogP contribution in [0.5, 0.6) is 0 Å². The standard InChI is InChI=1S/C19H18FN5O/c1-25(2)16-9-7-14(8-10-16)22-18(26)17-11-12-21-19(24-17)23-15-5-3-13(20)4-6-15/h3-12H,1-2H3,(H,22,26)(H,21,23,24). The van der Waals surface area contributed by atoms with E-state index in [0.29, 0.717) is 11.4 Å². The zero-order valence-electron chi connectivity index (χ0n) is 14.4. The van der Waals surface area contributed by atoms with Crippen LogP contribution in [0.1, 0.15) is 10.5 Å². The van der Waals surface area contributed by atoms with Gasteiger partial charge in [-0.05, 0) is 54.6 Å². The molecule has 7 heteroatoms. The summed E-state index contributed by atoms with van der Waals surface area (Å²) in [6.45, 7) is 0. The number of benzene rings is 2. The molecule has 0 fully saturated rings. The summed E-state index contributed by atoms with van der Waals surface area (Å²) >= 11 is 0. The van der Waals surface area contributed by atoms with E-state index >= 15 is 0 Å². The Labute approximate surface area is 150 Å². The van der Waals surface area contributed by atoms with Gasteiger partial charge in [-0.15, -0.1) is 0 Å². The molecule has 0 aliphatic heterocycles. The molecule has 0 aliphatic carbocycles. The third-order valence-electron chi connectivity index (χ3n) is 3.63. The largest absolute Gasteiger partial charge is 0.378 e. The first-order chi connectivity index (χ1) is 12.5. The quantitative estimate of drug-likeness (QED) is 0.734. The highest BCUT2D eigenvalue weighted by Gasteiger charge is 2.10. The topological polar surface area (TPSA) is 70.2 Å². The lowest BCUT2D eigenvalue weighted by Gasteiger charge is -2.13. The summed E-state index contributed by atoms with van der Waals surface area (Å²) in [5.74, 6) is -0.413. The number of nitrogens with zero attached hydrogens (tertiary/aromatic N) is 3. The van der Waals surface area contributed by atoms with Crippen molar-refractivity contribution in [2.75, 3.05) is 29.6 Å². The lowest BCUT2D eigenvalue weighted by molar-refractivity contribution is 0.102. The van der Waals surface area contributed by atoms with Crippen molar-refractivity contribution in [1.82, 2.24) is 9.97 Å². The Bertz CT molecular complexity index is 895. The van der Waals surface area contributed by atoms with Crippen molar-refractivity contribution in [2.45, 2.75) is 0 Å². The Morgan fingerprint density at radius 2 is 1.62 bits per heavy atom. The highest BCUT2D eigenvalue weighted by molar-refractivity contribution is 6.03. The summed E-state index contributed by atoms with van der Waals surface area (Å²) in [5, 5.41) is 5.73. The minimum absolute atomic E-state index is 0.223. The number of nitrogens with one attached hydrogen (secondary N) is 2. The third kappa shape index (κ3) is 4.32. The average Bonchev–Trinajstić information content (AvgIpc) is 2.64. The molecule has 0 aliphatic rings. The van der Waals surface area contributed by atoms with Gasteiger partial charge in [0.2, 0.25) is 5.95 Å². The van der Waals surface area contributed by atoms with Gasteiger partial charge in [0.15, 0.2) is 0 Å². The maximum Gasteiger partial charge on any atom is 0.274 e. The van der Waals surface area contributed by atoms with Crippen LogP contribution in [0.25, 0.3) is 0 Å². The van der Waals surface area contributed by atoms with Crippen molar-refractivity contribution in [3.8, 4) is 0 Å². The summed E-state index contributed by atoms with van der Waals surface area (Å²) in [6.07, 6.45) is 1.49. The molecular formula is C19H18FN5O. The van der Waals surface area contributed by atoms with E-state index in [9.17, 15) is 9.18 Å². The van der Waals surface area contributed by atoms with Crippen LogP contribution in [0.2, 0.25) is 0 Å². The normalized spacial score (nSPS) is 10.3. The number of hydrogen-bond donors (Lipinski definition) is 2. The third-order valence-corrected chi connectivity index (χ3v) is 3.63. The van der Waals surface area contributed by atoms with Gasteiger partial charge in [0, 0.05) is 37.4 Å². The molecule has 2 N–H and O–H groups in total. The molecule has 0 radical (unpaired) electrons. The van der Waals surface area contributed by atoms with Gasteiger partial charge >= 0.3 is 0 Å². The lowest BCUT2D eigenvalue weighted by Crippen LogP contribution is -2.15. The van der Waals surface area contributed by atoms with E-state index in [4.69, 9.17) is 0 Å². The number of aromatic nitrogens is 2. The molecule has 0 unspecified atom stereocenters. The molecule has 1 amide bonds. The van der Waals surface area contributed by atoms with E-state index in [-0.39, 0.29) is 23.4 Å². The highest BCUT2D eigenvalue weighted by Crippen LogP contribution is 2.17. The number of carbonyl (C=O) groups excluding carboxylic acids is 1. The molecule has 0 atom stereocenters. The molecule has 26 heavy (non-hydrogen) atoms. The Morgan fingerprint density at radius 1 is 0.962 bits per heavy atom. The Hall–Kier alpha value is -3.48. The fourth-order valence-electron chi connectivity index (χ4n) is 2.25. The van der Waals surface area contributed by atoms with Crippen LogP contribution in [0.3, 0.4) is 0 Å². The Balaban J connectivity index is 1.70. The average molecular weight is 351 g/mol. The SMILES string of the molecule is CN(C)c1ccc(NC(=O)c2ccnc(Nc3ccc(F)cc3)n2)cc1. The second-order valence-corrected chi connectivity index (χ2v) is 5.79. The fraction of sp³-hybridized carbons (Fsp3) is 0.105. The van der Waals surface area contributed by atoms with Gasteiger partial charge in [0.1, 0.15) is 11.5 Å². The predicted molar refractivity (Wildman–Crippen MR) is 100 cm³/mol. The van der Waals surface area contributed by atoms with Crippen molar-refractivity contribution in [3.05, 3.63) is 72.3 Å². The summed E-state index contributed by atoms with van der Waals surface area (Å²) < 4.78 is 13.0. The Morgan fingerprint density at radius 3 is 2.27 bits per heavy atom. The molecule has 1 heterocycles. The van der Waals surface area contributed by atoms with Gasteiger partial charge < -0.3 is 15.5 Å². The maximum atomic E-state index is 13.0. The van der Waals surface area contributed by atoms with Crippen molar-refractivity contribution in [2.24, 2.45) is 0 Å². The minimum Gasteiger partial charge on any atom is -0.378 e. The molecule has 0 bridgehead atoms. The second kappa shape index (κ2) is 7.60. The number of rotatable bonds is 5. The molecule has 1 aromatic heterocycles. The smallest absolute Gasteiger partial charge is 0.274 e. The van der Waals surface area contributed by atoms with Gasteiger partial charge in [-0.25, -0.2) is 14.4 Å². The van der Waals surface area contributed by atoms with Gasteiger partial charge in [-0.2, -0.15) is 0 Å². The van der Waals surface area contributed by atoms with Crippen molar-refractivity contribution >= 4 is 28.9 Å². The molecule has 0 saturated carbocycles. The lowest BCUT2D eigenvalue weighted by atomic mass is 10.2. The van der Waals surface area contributed by atoms with E-state index in [2.05, 4.69) is 20.6 Å². The first kappa shape index (κ1) is 17.3. The van der Waals surface area contributed by atoms with E-state index in [1.54, 1.807) is 12.1 Å². The molecule has 3 aromatic rings. The van der Waals surface area contributed by atoms with Crippen molar-refractivity contribution in [1.29, 1.82) is 0 Å². The summed E-state index contributed by atoms with van der Waals surface area (Å²) in [4.78, 5) is 22.6. The van der Waals surface area contributed by atoms with Crippen molar-refractivity contribution in [3.63, 3.8) is 0 Å². The highest BCUT2D eigenvalue weighted by atomic mass is 19.1. The molecule has 0 spiro atoms. The van der Waals surface area contributed by atoms with Crippen LogP contribution < -0.4 is 15.5 Å². The van der Waals surface area contributed by atoms with Crippen LogP contribution in [0, 0.1) is 5.82 Å². The summed E-state index contributed by atoms with van der Waals surface area (Å²) in [5.41, 5.74) is 2.56. The number of carbonyl (C=O) groups is 1. The van der Waals surface area contributed by atoms with Gasteiger partial charge in [0.25, 0.3) is 5.91 Å². The van der Waals surface area contributed by atoms with Crippen LogP contribution in [-0.2, 0) is 0 Å². The molecule has 6 nitrogen and oxygen atoms in total. The maximum absolute atomic E-state index is 13.0. The summed E-state index contributed by atoms with van der Waals surface area (Å²) in [7, 11) is 3.90. The molecule has 132 valence electrons. The van der Waals surface area contributed by atoms with Crippen LogP contribution >= 0.6 is 0 Å². The molecule has 0 saturated heterocycles. The van der Waals surface area contributed by atoms with Crippen LogP contribution in [0.15, 0.2) is 60.8 Å². The molecule has 3 rings (SSSR count). The number of hydrogen-bond acceptors (Lipinski definition) is 5.